The van der Waals surface area contributed by atoms with Crippen LogP contribution in [0.25, 0.3) is 10.9 Å². The Morgan fingerprint density at radius 1 is 1.11 bits per heavy atom. The highest BCUT2D eigenvalue weighted by molar-refractivity contribution is 5.90. The van der Waals surface area contributed by atoms with E-state index in [9.17, 15) is 14.7 Å². The van der Waals surface area contributed by atoms with Crippen molar-refractivity contribution in [3.8, 4) is 5.75 Å². The maximum absolute atomic E-state index is 12.4. The number of likely N-dealkylation sites (N-methyl/N-ethyl adjacent to an activating group) is 1. The van der Waals surface area contributed by atoms with Crippen molar-refractivity contribution in [2.45, 2.75) is 12.6 Å². The fraction of sp³-hybridized carbons (Fsp3) is 0.407. The van der Waals surface area contributed by atoms with Crippen LogP contribution in [0.3, 0.4) is 0 Å². The lowest BCUT2D eigenvalue weighted by atomic mass is 10.0. The summed E-state index contributed by atoms with van der Waals surface area (Å²) in [6, 6.07) is 14.9. The normalized spacial score (nSPS) is 15.8. The number of carbonyl (C=O) groups excluding carboxylic acids is 1. The van der Waals surface area contributed by atoms with Gasteiger partial charge in [-0.3, -0.25) is 19.4 Å². The molecule has 2 heterocycles. The number of aromatic amines is 1. The number of piperazine rings is 1. The van der Waals surface area contributed by atoms with Gasteiger partial charge in [-0.15, -0.1) is 0 Å². The minimum absolute atomic E-state index is 0.000236. The number of aromatic nitrogens is 1. The number of fused-ring (bicyclic) bond motifs is 1. The van der Waals surface area contributed by atoms with Gasteiger partial charge in [0.15, 0.2) is 0 Å². The van der Waals surface area contributed by atoms with Crippen molar-refractivity contribution in [1.82, 2.24) is 25.0 Å². The molecule has 1 aliphatic heterocycles. The van der Waals surface area contributed by atoms with Gasteiger partial charge in [0.25, 0.3) is 0 Å². The predicted octanol–water partition coefficient (Wildman–Crippen LogP) is 2.17. The molecule has 192 valence electrons. The lowest BCUT2D eigenvalue weighted by molar-refractivity contribution is -0.144. The second-order valence-electron chi connectivity index (χ2n) is 9.43. The maximum Gasteiger partial charge on any atom is 0.325 e. The third-order valence-electron chi connectivity index (χ3n) is 6.48. The Morgan fingerprint density at radius 2 is 1.86 bits per heavy atom. The first-order chi connectivity index (χ1) is 17.4. The van der Waals surface area contributed by atoms with E-state index in [0.29, 0.717) is 51.6 Å². The summed E-state index contributed by atoms with van der Waals surface area (Å²) in [6.45, 7) is 4.59. The average Bonchev–Trinajstić information content (AvgIpc) is 3.27. The molecule has 2 aromatic carbocycles. The van der Waals surface area contributed by atoms with Crippen molar-refractivity contribution in [3.63, 3.8) is 0 Å². The first-order valence-corrected chi connectivity index (χ1v) is 12.3. The molecule has 0 saturated carbocycles. The Bertz CT molecular complexity index is 1160. The van der Waals surface area contributed by atoms with Crippen LogP contribution in [0.5, 0.6) is 5.75 Å². The highest BCUT2D eigenvalue weighted by Gasteiger charge is 2.32. The van der Waals surface area contributed by atoms with Gasteiger partial charge in [-0.05, 0) is 37.9 Å². The van der Waals surface area contributed by atoms with Crippen LogP contribution in [-0.2, 0) is 16.2 Å². The first kappa shape index (κ1) is 25.7. The molecule has 1 aromatic heterocycles. The van der Waals surface area contributed by atoms with Gasteiger partial charge in [0.2, 0.25) is 5.91 Å². The Hall–Kier alpha value is -3.40. The molecule has 0 radical (unpaired) electrons. The van der Waals surface area contributed by atoms with Crippen LogP contribution in [0, 0.1) is 0 Å². The topological polar surface area (TPSA) is 101 Å². The number of carboxylic acids is 1. The molecule has 1 atom stereocenters. The molecule has 9 heteroatoms. The minimum atomic E-state index is -0.888. The second kappa shape index (κ2) is 12.0. The predicted molar refractivity (Wildman–Crippen MR) is 139 cm³/mol. The monoisotopic (exact) mass is 493 g/mol. The van der Waals surface area contributed by atoms with E-state index in [-0.39, 0.29) is 5.91 Å². The van der Waals surface area contributed by atoms with Crippen molar-refractivity contribution in [3.05, 3.63) is 65.9 Å². The summed E-state index contributed by atoms with van der Waals surface area (Å²) in [6.07, 6.45) is 1.79. The summed E-state index contributed by atoms with van der Waals surface area (Å²) < 4.78 is 5.98. The maximum atomic E-state index is 12.4. The molecule has 1 unspecified atom stereocenters. The first-order valence-electron chi connectivity index (χ1n) is 12.3. The number of benzene rings is 2. The second-order valence-corrected chi connectivity index (χ2v) is 9.43. The van der Waals surface area contributed by atoms with Crippen LogP contribution in [0.2, 0.25) is 0 Å². The third-order valence-corrected chi connectivity index (χ3v) is 6.48. The SMILES string of the molecule is CN(C)CCNC(=O)CN1CCN(C(C(=O)O)c2c[nH]c3ccc(OCc4ccccc4)cc23)CC1. The highest BCUT2D eigenvalue weighted by Crippen LogP contribution is 2.32. The average molecular weight is 494 g/mol. The summed E-state index contributed by atoms with van der Waals surface area (Å²) in [7, 11) is 3.94. The zero-order chi connectivity index (χ0) is 25.5. The zero-order valence-corrected chi connectivity index (χ0v) is 20.9. The van der Waals surface area contributed by atoms with Crippen molar-refractivity contribution in [2.24, 2.45) is 0 Å². The van der Waals surface area contributed by atoms with Crippen LogP contribution in [0.4, 0.5) is 0 Å². The lowest BCUT2D eigenvalue weighted by Crippen LogP contribution is -2.51. The van der Waals surface area contributed by atoms with Crippen molar-refractivity contribution < 1.29 is 19.4 Å². The van der Waals surface area contributed by atoms with Gasteiger partial charge in [-0.2, -0.15) is 0 Å². The highest BCUT2D eigenvalue weighted by atomic mass is 16.5. The van der Waals surface area contributed by atoms with Gasteiger partial charge in [0.1, 0.15) is 18.4 Å². The number of carboxylic acid groups (broad SMARTS) is 1. The molecular formula is C27H35N5O4. The van der Waals surface area contributed by atoms with Gasteiger partial charge in [-0.25, -0.2) is 0 Å². The van der Waals surface area contributed by atoms with Crippen LogP contribution >= 0.6 is 0 Å². The van der Waals surface area contributed by atoms with E-state index < -0.39 is 12.0 Å². The number of ether oxygens (including phenoxy) is 1. The molecule has 0 spiro atoms. The Balaban J connectivity index is 1.40. The number of nitrogens with one attached hydrogen (secondary N) is 2. The number of nitrogens with zero attached hydrogens (tertiary/aromatic N) is 3. The number of H-pyrrole nitrogens is 1. The third kappa shape index (κ3) is 6.63. The summed E-state index contributed by atoms with van der Waals surface area (Å²) in [5.41, 5.74) is 2.66. The summed E-state index contributed by atoms with van der Waals surface area (Å²) in [5.74, 6) is -0.192. The summed E-state index contributed by atoms with van der Waals surface area (Å²) >= 11 is 0. The van der Waals surface area contributed by atoms with E-state index in [2.05, 4.69) is 15.2 Å². The molecular weight excluding hydrogens is 458 g/mol. The number of carbonyl (C=O) groups is 2. The fourth-order valence-corrected chi connectivity index (χ4v) is 4.52. The van der Waals surface area contributed by atoms with Crippen molar-refractivity contribution in [1.29, 1.82) is 0 Å². The standard InChI is InChI=1S/C27H35N5O4/c1-30(2)11-10-28-25(33)18-31-12-14-32(15-13-31)26(27(34)35)23-17-29-24-9-8-21(16-22(23)24)36-19-20-6-4-3-5-7-20/h3-9,16-17,26,29H,10-15,18-19H2,1-2H3,(H,28,33)(H,34,35). The number of hydrogen-bond acceptors (Lipinski definition) is 6. The van der Waals surface area contributed by atoms with E-state index >= 15 is 0 Å². The molecule has 1 saturated heterocycles. The van der Waals surface area contributed by atoms with Crippen LogP contribution in [0.1, 0.15) is 17.2 Å². The largest absolute Gasteiger partial charge is 0.489 e. The number of hydrogen-bond donors (Lipinski definition) is 3. The smallest absolute Gasteiger partial charge is 0.325 e. The molecule has 0 aliphatic carbocycles. The van der Waals surface area contributed by atoms with E-state index in [0.717, 1.165) is 28.6 Å². The molecule has 0 bridgehead atoms. The molecule has 1 fully saturated rings. The van der Waals surface area contributed by atoms with Gasteiger partial charge < -0.3 is 25.0 Å². The lowest BCUT2D eigenvalue weighted by Gasteiger charge is -2.37. The van der Waals surface area contributed by atoms with Gasteiger partial charge >= 0.3 is 5.97 Å². The van der Waals surface area contributed by atoms with Gasteiger partial charge in [0.05, 0.1) is 6.54 Å². The Kier molecular flexibility index (Phi) is 8.58. The minimum Gasteiger partial charge on any atom is -0.489 e. The van der Waals surface area contributed by atoms with E-state index in [1.54, 1.807) is 6.20 Å². The van der Waals surface area contributed by atoms with E-state index in [1.807, 2.05) is 72.4 Å². The summed E-state index contributed by atoms with van der Waals surface area (Å²) in [4.78, 5) is 33.9. The Morgan fingerprint density at radius 3 is 2.56 bits per heavy atom. The van der Waals surface area contributed by atoms with Crippen LogP contribution in [-0.4, -0.2) is 96.6 Å². The van der Waals surface area contributed by atoms with Crippen molar-refractivity contribution in [2.75, 3.05) is 59.9 Å². The van der Waals surface area contributed by atoms with E-state index in [1.165, 1.54) is 0 Å². The molecule has 4 rings (SSSR count). The van der Waals surface area contributed by atoms with Crippen molar-refractivity contribution >= 4 is 22.8 Å². The van der Waals surface area contributed by atoms with Crippen LogP contribution < -0.4 is 10.1 Å². The fourth-order valence-electron chi connectivity index (χ4n) is 4.52. The molecule has 9 nitrogen and oxygen atoms in total. The number of rotatable bonds is 11. The number of aliphatic carboxylic acids is 1. The quantitative estimate of drug-likeness (QED) is 0.376. The Labute approximate surface area is 211 Å². The summed E-state index contributed by atoms with van der Waals surface area (Å²) in [5, 5.41) is 13.9. The molecule has 1 amide bonds. The van der Waals surface area contributed by atoms with Crippen LogP contribution in [0.15, 0.2) is 54.7 Å². The molecule has 36 heavy (non-hydrogen) atoms. The molecule has 3 aromatic rings. The molecule has 1 aliphatic rings. The van der Waals surface area contributed by atoms with E-state index in [4.69, 9.17) is 4.74 Å². The molecule has 3 N–H and O–H groups in total. The zero-order valence-electron chi connectivity index (χ0n) is 20.9. The number of amides is 1. The van der Waals surface area contributed by atoms with Gasteiger partial charge in [0, 0.05) is 61.9 Å². The van der Waals surface area contributed by atoms with Gasteiger partial charge in [-0.1, -0.05) is 30.3 Å².